The molecule has 0 radical (unpaired) electrons. The fourth-order valence-electron chi connectivity index (χ4n) is 2.41. The van der Waals surface area contributed by atoms with E-state index in [1.54, 1.807) is 0 Å². The molecule has 1 saturated heterocycles. The standard InChI is InChI=1S/C12H18AsN5O5/c1-13(2,21)22-3-6-8(19)9(20)12(23-6)18-5-17-7-10(14)15-4-16-11(7)18/h4-6,8-9,12,19-20H,3H2,1-2H3,(H2,14,15,16)/t6-,8-,9-,12-/m1/s1. The summed E-state index contributed by atoms with van der Waals surface area (Å²) in [6, 6.07) is 0. The molecule has 1 aliphatic heterocycles. The van der Waals surface area contributed by atoms with Crippen LogP contribution in [0.5, 0.6) is 0 Å². The molecule has 0 aliphatic carbocycles. The summed E-state index contributed by atoms with van der Waals surface area (Å²) < 4.78 is 24.1. The van der Waals surface area contributed by atoms with E-state index in [1.807, 2.05) is 0 Å². The minimum atomic E-state index is -3.32. The Morgan fingerprint density at radius 3 is 2.78 bits per heavy atom. The van der Waals surface area contributed by atoms with E-state index in [1.165, 1.54) is 28.6 Å². The number of hydrogen-bond donors (Lipinski definition) is 3. The first-order chi connectivity index (χ1) is 10.8. The van der Waals surface area contributed by atoms with Crippen molar-refractivity contribution in [3.8, 4) is 0 Å². The predicted molar refractivity (Wildman–Crippen MR) is 79.8 cm³/mol. The third kappa shape index (κ3) is 3.13. The summed E-state index contributed by atoms with van der Waals surface area (Å²) in [5.74, 6) is 0.210. The number of anilines is 1. The second kappa shape index (κ2) is 5.88. The van der Waals surface area contributed by atoms with Crippen LogP contribution in [-0.4, -0.2) is 68.5 Å². The SMILES string of the molecule is C[As](C)(=O)OC[C@H]1O[C@@H](n2cnc3c(N)ncnc32)[C@H](O)[C@@H]1O. The van der Waals surface area contributed by atoms with Crippen LogP contribution in [-0.2, 0) is 12.2 Å². The van der Waals surface area contributed by atoms with Gasteiger partial charge in [-0.3, -0.25) is 0 Å². The molecule has 0 saturated carbocycles. The second-order valence-corrected chi connectivity index (χ2v) is 11.5. The van der Waals surface area contributed by atoms with Crippen LogP contribution in [0.3, 0.4) is 0 Å². The van der Waals surface area contributed by atoms with Crippen molar-refractivity contribution in [3.05, 3.63) is 12.7 Å². The Labute approximate surface area is 134 Å². The number of rotatable bonds is 4. The van der Waals surface area contributed by atoms with Crippen molar-refractivity contribution in [2.24, 2.45) is 0 Å². The van der Waals surface area contributed by atoms with Gasteiger partial charge in [0.15, 0.2) is 0 Å². The monoisotopic (exact) mass is 387 g/mol. The number of imidazole rings is 1. The van der Waals surface area contributed by atoms with Crippen LogP contribution >= 0.6 is 0 Å². The Morgan fingerprint density at radius 2 is 2.09 bits per heavy atom. The normalized spacial score (nSPS) is 28.5. The van der Waals surface area contributed by atoms with Crippen molar-refractivity contribution < 1.29 is 22.4 Å². The van der Waals surface area contributed by atoms with Gasteiger partial charge < -0.3 is 0 Å². The quantitative estimate of drug-likeness (QED) is 0.573. The molecule has 2 aromatic heterocycles. The number of hydrogen-bond acceptors (Lipinski definition) is 9. The van der Waals surface area contributed by atoms with Crippen LogP contribution in [0.1, 0.15) is 6.23 Å². The molecular weight excluding hydrogens is 369 g/mol. The zero-order chi connectivity index (χ0) is 16.8. The first-order valence-electron chi connectivity index (χ1n) is 6.92. The summed E-state index contributed by atoms with van der Waals surface area (Å²) in [4.78, 5) is 12.0. The fraction of sp³-hybridized carbons (Fsp3) is 0.583. The Balaban J connectivity index is 1.85. The average molecular weight is 387 g/mol. The van der Waals surface area contributed by atoms with E-state index in [0.717, 1.165) is 0 Å². The molecule has 0 amide bonds. The van der Waals surface area contributed by atoms with E-state index in [9.17, 15) is 14.0 Å². The molecule has 3 rings (SSSR count). The van der Waals surface area contributed by atoms with Gasteiger partial charge in [0.1, 0.15) is 0 Å². The van der Waals surface area contributed by atoms with Gasteiger partial charge in [0.2, 0.25) is 0 Å². The maximum atomic E-state index is 11.7. The zero-order valence-electron chi connectivity index (χ0n) is 12.6. The van der Waals surface area contributed by atoms with Crippen molar-refractivity contribution in [1.82, 2.24) is 19.5 Å². The van der Waals surface area contributed by atoms with Crippen LogP contribution < -0.4 is 5.73 Å². The molecule has 1 aliphatic rings. The van der Waals surface area contributed by atoms with E-state index < -0.39 is 38.4 Å². The van der Waals surface area contributed by atoms with Crippen molar-refractivity contribution in [2.45, 2.75) is 36.0 Å². The number of nitrogen functional groups attached to an aromatic ring is 1. The second-order valence-electron chi connectivity index (χ2n) is 5.68. The zero-order valence-corrected chi connectivity index (χ0v) is 14.5. The van der Waals surface area contributed by atoms with E-state index in [4.69, 9.17) is 14.2 Å². The Morgan fingerprint density at radius 1 is 1.35 bits per heavy atom. The Bertz CT molecular complexity index is 761. The number of nitrogens with zero attached hydrogens (tertiary/aromatic N) is 4. The van der Waals surface area contributed by atoms with Crippen molar-refractivity contribution in [3.63, 3.8) is 0 Å². The molecule has 0 bridgehead atoms. The molecule has 23 heavy (non-hydrogen) atoms. The van der Waals surface area contributed by atoms with Crippen LogP contribution in [0.15, 0.2) is 12.7 Å². The van der Waals surface area contributed by atoms with Crippen molar-refractivity contribution in [1.29, 1.82) is 0 Å². The molecule has 0 spiro atoms. The van der Waals surface area contributed by atoms with Gasteiger partial charge in [-0.15, -0.1) is 0 Å². The maximum absolute atomic E-state index is 11.7. The molecular formula is C12H18AsN5O5. The van der Waals surface area contributed by atoms with Crippen molar-refractivity contribution in [2.75, 3.05) is 12.3 Å². The Kier molecular flexibility index (Phi) is 4.19. The van der Waals surface area contributed by atoms with E-state index in [0.29, 0.717) is 11.2 Å². The van der Waals surface area contributed by atoms with E-state index in [2.05, 4.69) is 15.0 Å². The van der Waals surface area contributed by atoms with Gasteiger partial charge in [0, 0.05) is 0 Å². The number of nitrogens with two attached hydrogens (primary N) is 1. The Hall–Kier alpha value is -1.45. The van der Waals surface area contributed by atoms with Gasteiger partial charge in [0.05, 0.1) is 0 Å². The molecule has 10 nitrogen and oxygen atoms in total. The van der Waals surface area contributed by atoms with Gasteiger partial charge in [-0.2, -0.15) is 0 Å². The fourth-order valence-corrected chi connectivity index (χ4v) is 3.47. The third-order valence-corrected chi connectivity index (χ3v) is 5.17. The molecule has 0 unspecified atom stereocenters. The number of ether oxygens (including phenoxy) is 1. The van der Waals surface area contributed by atoms with Crippen LogP contribution in [0.2, 0.25) is 11.4 Å². The first kappa shape index (κ1) is 16.4. The van der Waals surface area contributed by atoms with Gasteiger partial charge in [-0.05, 0) is 0 Å². The molecule has 4 N–H and O–H groups in total. The summed E-state index contributed by atoms with van der Waals surface area (Å²) in [6.07, 6.45) is -1.41. The molecule has 4 atom stereocenters. The van der Waals surface area contributed by atoms with Crippen molar-refractivity contribution >= 4 is 30.8 Å². The van der Waals surface area contributed by atoms with Gasteiger partial charge in [-0.25, -0.2) is 0 Å². The van der Waals surface area contributed by atoms with Gasteiger partial charge in [0.25, 0.3) is 0 Å². The summed E-state index contributed by atoms with van der Waals surface area (Å²) in [6.45, 7) is -0.0675. The van der Waals surface area contributed by atoms with Crippen LogP contribution in [0.25, 0.3) is 11.2 Å². The van der Waals surface area contributed by atoms with Crippen LogP contribution in [0.4, 0.5) is 5.82 Å². The van der Waals surface area contributed by atoms with E-state index in [-0.39, 0.29) is 12.4 Å². The molecule has 1 fully saturated rings. The minimum absolute atomic E-state index is 0.0675. The van der Waals surface area contributed by atoms with Gasteiger partial charge in [-0.1, -0.05) is 0 Å². The molecule has 11 heteroatoms. The molecule has 3 heterocycles. The molecule has 2 aromatic rings. The number of aliphatic hydroxyl groups excluding tert-OH is 2. The topological polar surface area (TPSA) is 146 Å². The summed E-state index contributed by atoms with van der Waals surface area (Å²) in [7, 11) is 0. The van der Waals surface area contributed by atoms with E-state index >= 15 is 0 Å². The van der Waals surface area contributed by atoms with Crippen LogP contribution in [0, 0.1) is 0 Å². The number of aromatic nitrogens is 4. The first-order valence-corrected chi connectivity index (χ1v) is 12.2. The molecule has 126 valence electrons. The average Bonchev–Trinajstić information content (AvgIpc) is 3.01. The van der Waals surface area contributed by atoms with Gasteiger partial charge >= 0.3 is 134 Å². The third-order valence-electron chi connectivity index (χ3n) is 3.55. The number of aliphatic hydroxyl groups is 2. The summed E-state index contributed by atoms with van der Waals surface area (Å²) in [5, 5.41) is 20.4. The molecule has 0 aromatic carbocycles. The summed E-state index contributed by atoms with van der Waals surface area (Å²) >= 11 is -3.32. The predicted octanol–water partition coefficient (Wildman–Crippen LogP) is -0.823. The summed E-state index contributed by atoms with van der Waals surface area (Å²) in [5.41, 5.74) is 9.54. The number of fused-ring (bicyclic) bond motifs is 1.